The normalized spacial score (nSPS) is 21.7. The minimum atomic E-state index is -0.806. The molecule has 4 saturated heterocycles. The summed E-state index contributed by atoms with van der Waals surface area (Å²) in [6.45, 7) is 7.10. The van der Waals surface area contributed by atoms with Crippen LogP contribution in [0.2, 0.25) is 0 Å². The van der Waals surface area contributed by atoms with E-state index in [1.807, 2.05) is 29.4 Å². The van der Waals surface area contributed by atoms with Crippen molar-refractivity contribution in [1.29, 1.82) is 5.26 Å². The highest BCUT2D eigenvalue weighted by atomic mass is 16.5. The van der Waals surface area contributed by atoms with E-state index in [2.05, 4.69) is 89.8 Å². The van der Waals surface area contributed by atoms with Gasteiger partial charge < -0.3 is 24.8 Å². The summed E-state index contributed by atoms with van der Waals surface area (Å²) in [5, 5.41) is 19.1. The summed E-state index contributed by atoms with van der Waals surface area (Å²) in [6, 6.07) is 24.1. The molecule has 2 aromatic carbocycles. The predicted octanol–water partition coefficient (Wildman–Crippen LogP) is 4.90. The van der Waals surface area contributed by atoms with Crippen LogP contribution < -0.4 is 20.4 Å². The Labute approximate surface area is 359 Å². The lowest BCUT2D eigenvalue weighted by molar-refractivity contribution is -0.134. The van der Waals surface area contributed by atoms with E-state index in [4.69, 9.17) is 10.2 Å². The number of nitrogens with zero attached hydrogens (tertiary/aromatic N) is 8. The summed E-state index contributed by atoms with van der Waals surface area (Å²) in [5.74, 6) is 1.87. The predicted molar refractivity (Wildman–Crippen MR) is 232 cm³/mol. The van der Waals surface area contributed by atoms with Gasteiger partial charge in [0, 0.05) is 86.1 Å². The second-order valence-electron chi connectivity index (χ2n) is 17.3. The number of amides is 3. The van der Waals surface area contributed by atoms with Gasteiger partial charge in [-0.2, -0.15) is 5.10 Å². The fourth-order valence-corrected chi connectivity index (χ4v) is 9.67. The van der Waals surface area contributed by atoms with Gasteiger partial charge in [0.05, 0.1) is 12.1 Å². The molecule has 62 heavy (non-hydrogen) atoms. The molecule has 1 saturated carbocycles. The highest BCUT2D eigenvalue weighted by Gasteiger charge is 2.45. The van der Waals surface area contributed by atoms with E-state index in [9.17, 15) is 19.2 Å². The number of pyridine rings is 2. The molecule has 5 fully saturated rings. The zero-order valence-electron chi connectivity index (χ0n) is 34.4. The summed E-state index contributed by atoms with van der Waals surface area (Å²) in [5.41, 5.74) is 7.60. The summed E-state index contributed by atoms with van der Waals surface area (Å²) in [6.07, 6.45) is 9.34. The van der Waals surface area contributed by atoms with Crippen molar-refractivity contribution in [3.05, 3.63) is 96.4 Å². The highest BCUT2D eigenvalue weighted by molar-refractivity contribution is 6.01. The van der Waals surface area contributed by atoms with E-state index in [0.29, 0.717) is 43.9 Å². The third-order valence-electron chi connectivity index (χ3n) is 13.4. The number of piperidine rings is 3. The first-order valence-electron chi connectivity index (χ1n) is 21.7. The van der Waals surface area contributed by atoms with Crippen molar-refractivity contribution in [3.8, 4) is 28.5 Å². The van der Waals surface area contributed by atoms with Gasteiger partial charge in [-0.15, -0.1) is 5.26 Å². The molecule has 10 rings (SSSR count). The van der Waals surface area contributed by atoms with E-state index >= 15 is 0 Å². The summed E-state index contributed by atoms with van der Waals surface area (Å²) in [7, 11) is 0. The van der Waals surface area contributed by atoms with E-state index < -0.39 is 12.0 Å². The van der Waals surface area contributed by atoms with E-state index in [1.165, 1.54) is 18.2 Å². The van der Waals surface area contributed by atoms with Gasteiger partial charge in [0.2, 0.25) is 17.7 Å². The number of anilines is 3. The number of nitriles is 1. The molecule has 2 N–H and O–H groups in total. The quantitative estimate of drug-likeness (QED) is 0.111. The maximum Gasteiger partial charge on any atom is 0.374 e. The number of rotatable bonds is 10. The number of benzene rings is 2. The van der Waals surface area contributed by atoms with E-state index in [1.54, 1.807) is 10.6 Å². The Morgan fingerprint density at radius 3 is 2.27 bits per heavy atom. The Morgan fingerprint density at radius 2 is 1.58 bits per heavy atom. The topological polar surface area (TPSA) is 169 Å². The second-order valence-corrected chi connectivity index (χ2v) is 17.3. The lowest BCUT2D eigenvalue weighted by Crippen LogP contribution is -2.51. The third-order valence-corrected chi connectivity index (χ3v) is 13.4. The molecule has 15 heteroatoms. The van der Waals surface area contributed by atoms with Crippen LogP contribution in [-0.4, -0.2) is 113 Å². The monoisotopic (exact) mass is 832 g/mol. The summed E-state index contributed by atoms with van der Waals surface area (Å²) in [4.78, 5) is 63.3. The number of carbonyl (C=O) groups excluding carboxylic acids is 4. The molecule has 3 aromatic heterocycles. The zero-order chi connectivity index (χ0) is 42.3. The number of hydrogen-bond acceptors (Lipinski definition) is 12. The van der Waals surface area contributed by atoms with E-state index in [0.717, 1.165) is 103 Å². The number of ether oxygens (including phenoxy) is 1. The average Bonchev–Trinajstić information content (AvgIpc) is 3.66. The number of hydrogen-bond donors (Lipinski definition) is 2. The molecule has 3 amide bonds. The smallest absolute Gasteiger partial charge is 0.374 e. The largest absolute Gasteiger partial charge is 0.374 e. The van der Waals surface area contributed by atoms with Crippen molar-refractivity contribution in [3.63, 3.8) is 0 Å². The van der Waals surface area contributed by atoms with Crippen LogP contribution in [0.15, 0.2) is 85.2 Å². The molecule has 15 nitrogen and oxygen atoms in total. The summed E-state index contributed by atoms with van der Waals surface area (Å²) < 4.78 is 6.26. The lowest BCUT2D eigenvalue weighted by Gasteiger charge is -2.38. The molecule has 0 bridgehead atoms. The Balaban J connectivity index is 0.739. The van der Waals surface area contributed by atoms with Crippen LogP contribution in [0.1, 0.15) is 54.1 Å². The van der Waals surface area contributed by atoms with Crippen LogP contribution in [0.3, 0.4) is 0 Å². The molecule has 316 valence electrons. The van der Waals surface area contributed by atoms with E-state index in [-0.39, 0.29) is 23.4 Å². The highest BCUT2D eigenvalue weighted by Crippen LogP contribution is 2.46. The van der Waals surface area contributed by atoms with Gasteiger partial charge in [-0.25, -0.2) is 14.3 Å². The Bertz CT molecular complexity index is 2540. The third kappa shape index (κ3) is 8.17. The molecule has 1 aliphatic carbocycles. The maximum atomic E-state index is 13.4. The molecule has 3 atom stereocenters. The fraction of sp³-hybridized carbons (Fsp3) is 0.383. The molecule has 5 aliphatic rings. The first-order valence-corrected chi connectivity index (χ1v) is 21.7. The fourth-order valence-electron chi connectivity index (χ4n) is 9.67. The SMILES string of the molecule is N#COC(=O)c1cc2c(-c3ccc(N4CC5CC5C4)nc3)cc(-c3ccc(N4CCN(C(=O)CN5CCC(c6ccc(NC7CCC(=O)NC7=O)cc6)CC5)CC4)cc3)cn2n1. The molecular formula is C47H48N10O5. The number of aromatic nitrogens is 3. The Hall–Kier alpha value is -6.79. The minimum absolute atomic E-state index is 0.0469. The van der Waals surface area contributed by atoms with Crippen LogP contribution in [0, 0.1) is 23.4 Å². The number of nitrogens with one attached hydrogen (secondary N) is 2. The van der Waals surface area contributed by atoms with Gasteiger partial charge in [0.15, 0.2) is 5.69 Å². The van der Waals surface area contributed by atoms with Crippen molar-refractivity contribution in [2.75, 3.05) is 74.0 Å². The Morgan fingerprint density at radius 1 is 0.839 bits per heavy atom. The minimum Gasteiger partial charge on any atom is -0.374 e. The molecule has 0 spiro atoms. The number of esters is 1. The van der Waals surface area contributed by atoms with Gasteiger partial charge in [0.25, 0.3) is 6.26 Å². The zero-order valence-corrected chi connectivity index (χ0v) is 34.4. The van der Waals surface area contributed by atoms with Crippen LogP contribution in [0.4, 0.5) is 17.2 Å². The summed E-state index contributed by atoms with van der Waals surface area (Å²) >= 11 is 0. The van der Waals surface area contributed by atoms with Gasteiger partial charge in [-0.1, -0.05) is 24.3 Å². The number of carbonyl (C=O) groups is 4. The molecule has 7 heterocycles. The van der Waals surface area contributed by atoms with Crippen LogP contribution >= 0.6 is 0 Å². The number of piperazine rings is 1. The van der Waals surface area contributed by atoms with Gasteiger partial charge in [-0.3, -0.25) is 24.6 Å². The maximum absolute atomic E-state index is 13.4. The van der Waals surface area contributed by atoms with Crippen LogP contribution in [0.25, 0.3) is 27.8 Å². The van der Waals surface area contributed by atoms with Crippen LogP contribution in [0.5, 0.6) is 0 Å². The first kappa shape index (κ1) is 39.4. The van der Waals surface area contributed by atoms with Crippen molar-refractivity contribution >= 4 is 46.4 Å². The van der Waals surface area contributed by atoms with Crippen molar-refractivity contribution in [2.24, 2.45) is 11.8 Å². The molecule has 0 radical (unpaired) electrons. The lowest BCUT2D eigenvalue weighted by atomic mass is 9.89. The number of imide groups is 1. The standard InChI is InChI=1S/C47H48N10O5/c48-29-62-47(61)41-23-42-39(33-5-11-43(49-24-33)56-25-34-21-35(34)26-56)22-36(27-57(42)52-41)31-3-8-38(9-4-31)54-17-19-55(20-18-54)45(59)28-53-15-13-32(14-16-53)30-1-6-37(7-2-30)50-40-10-12-44(58)51-46(40)60/h1-9,11,22-24,27,32,34-35,40,50H,10,12-21,25-26,28H2,(H,51,58,60). The average molecular weight is 833 g/mol. The van der Waals surface area contributed by atoms with Gasteiger partial charge in [0.1, 0.15) is 11.9 Å². The Kier molecular flexibility index (Phi) is 10.5. The molecule has 4 aliphatic heterocycles. The molecule has 5 aromatic rings. The number of fused-ring (bicyclic) bond motifs is 2. The van der Waals surface area contributed by atoms with Crippen molar-refractivity contribution in [1.82, 2.24) is 29.7 Å². The van der Waals surface area contributed by atoms with Gasteiger partial charge >= 0.3 is 5.97 Å². The van der Waals surface area contributed by atoms with Crippen molar-refractivity contribution in [2.45, 2.75) is 44.1 Å². The van der Waals surface area contributed by atoms with Crippen LogP contribution in [-0.2, 0) is 19.1 Å². The molecular weight excluding hydrogens is 785 g/mol. The second kappa shape index (κ2) is 16.6. The number of likely N-dealkylation sites (tertiary alicyclic amines) is 1. The van der Waals surface area contributed by atoms with Gasteiger partial charge in [-0.05, 0) is 116 Å². The first-order chi connectivity index (χ1) is 30.2. The van der Waals surface area contributed by atoms with Crippen molar-refractivity contribution < 1.29 is 23.9 Å². The molecule has 3 unspecified atom stereocenters.